The molecule has 4 saturated carbocycles. The molecule has 174 valence electrons. The zero-order valence-corrected chi connectivity index (χ0v) is 19.4. The average molecular weight is 461 g/mol. The molecule has 0 radical (unpaired) electrons. The molecule has 1 heterocycles. The number of nitrogens with one attached hydrogen (secondary N) is 1. The Morgan fingerprint density at radius 2 is 1.56 bits per heavy atom. The van der Waals surface area contributed by atoms with Crippen LogP contribution in [0, 0.1) is 23.7 Å². The Hall–Kier alpha value is -1.93. The molecule has 5 fully saturated rings. The Balaban J connectivity index is 1.24. The predicted molar refractivity (Wildman–Crippen MR) is 118 cm³/mol. The quantitative estimate of drug-likeness (QED) is 0.682. The Kier molecular flexibility index (Phi) is 5.56. The Morgan fingerprint density at radius 3 is 2.12 bits per heavy atom. The van der Waals surface area contributed by atoms with Crippen LogP contribution in [0.3, 0.4) is 0 Å². The van der Waals surface area contributed by atoms with Crippen LogP contribution in [0.5, 0.6) is 0 Å². The summed E-state index contributed by atoms with van der Waals surface area (Å²) in [4.78, 5) is 25.2. The van der Waals surface area contributed by atoms with Crippen LogP contribution in [0.15, 0.2) is 29.2 Å². The highest BCUT2D eigenvalue weighted by molar-refractivity contribution is 7.89. The SMILES string of the molecule is COC(=O)c1ccccc1S(=O)(=O)N1CCC(C(=O)NC23CC4CC(CC(C4)C2)C3)CC1. The zero-order valence-electron chi connectivity index (χ0n) is 18.6. The first-order chi connectivity index (χ1) is 15.3. The van der Waals surface area contributed by atoms with Crippen molar-refractivity contribution in [2.24, 2.45) is 23.7 Å². The molecule has 0 aromatic heterocycles. The van der Waals surface area contributed by atoms with E-state index in [1.54, 1.807) is 12.1 Å². The number of methoxy groups -OCH3 is 1. The second kappa shape index (κ2) is 8.13. The zero-order chi connectivity index (χ0) is 22.5. The maximum absolute atomic E-state index is 13.2. The number of benzene rings is 1. The number of carbonyl (C=O) groups is 2. The summed E-state index contributed by atoms with van der Waals surface area (Å²) in [6, 6.07) is 6.12. The summed E-state index contributed by atoms with van der Waals surface area (Å²) >= 11 is 0. The monoisotopic (exact) mass is 460 g/mol. The van der Waals surface area contributed by atoms with Crippen molar-refractivity contribution in [1.29, 1.82) is 0 Å². The lowest BCUT2D eigenvalue weighted by Gasteiger charge is -2.57. The van der Waals surface area contributed by atoms with E-state index in [4.69, 9.17) is 4.74 Å². The Morgan fingerprint density at radius 1 is 1.00 bits per heavy atom. The van der Waals surface area contributed by atoms with Gasteiger partial charge in [0, 0.05) is 24.5 Å². The molecule has 6 rings (SSSR count). The number of sulfonamides is 1. The van der Waals surface area contributed by atoms with E-state index in [9.17, 15) is 18.0 Å². The van der Waals surface area contributed by atoms with Gasteiger partial charge in [-0.2, -0.15) is 4.31 Å². The summed E-state index contributed by atoms with van der Waals surface area (Å²) in [5.74, 6) is 1.56. The topological polar surface area (TPSA) is 92.8 Å². The van der Waals surface area contributed by atoms with Gasteiger partial charge in [0.25, 0.3) is 0 Å². The van der Waals surface area contributed by atoms with Crippen LogP contribution in [0.1, 0.15) is 61.7 Å². The molecule has 1 amide bonds. The van der Waals surface area contributed by atoms with Crippen LogP contribution in [0.4, 0.5) is 0 Å². The van der Waals surface area contributed by atoms with E-state index < -0.39 is 16.0 Å². The number of nitrogens with zero attached hydrogens (tertiary/aromatic N) is 1. The minimum absolute atomic E-state index is 0.0193. The molecule has 1 aromatic carbocycles. The number of amides is 1. The summed E-state index contributed by atoms with van der Waals surface area (Å²) in [7, 11) is -2.60. The van der Waals surface area contributed by atoms with E-state index in [2.05, 4.69) is 5.32 Å². The third-order valence-electron chi connectivity index (χ3n) is 8.16. The summed E-state index contributed by atoms with van der Waals surface area (Å²) < 4.78 is 32.6. The summed E-state index contributed by atoms with van der Waals surface area (Å²) in [6.45, 7) is 0.549. The number of ether oxygens (including phenoxy) is 1. The van der Waals surface area contributed by atoms with Gasteiger partial charge in [0.2, 0.25) is 15.9 Å². The Bertz CT molecular complexity index is 978. The van der Waals surface area contributed by atoms with E-state index in [0.717, 1.165) is 37.0 Å². The Labute approximate surface area is 189 Å². The minimum atomic E-state index is -3.84. The molecule has 4 aliphatic carbocycles. The first-order valence-corrected chi connectivity index (χ1v) is 13.2. The third-order valence-corrected chi connectivity index (χ3v) is 10.1. The van der Waals surface area contributed by atoms with Crippen LogP contribution in [-0.2, 0) is 19.6 Å². The maximum Gasteiger partial charge on any atom is 0.339 e. The maximum atomic E-state index is 13.2. The normalized spacial score (nSPS) is 32.6. The van der Waals surface area contributed by atoms with Gasteiger partial charge in [-0.1, -0.05) is 12.1 Å². The lowest BCUT2D eigenvalue weighted by molar-refractivity contribution is -0.132. The van der Waals surface area contributed by atoms with Gasteiger partial charge in [-0.3, -0.25) is 4.79 Å². The van der Waals surface area contributed by atoms with Crippen LogP contribution in [0.2, 0.25) is 0 Å². The number of piperidine rings is 1. The number of rotatable bonds is 5. The van der Waals surface area contributed by atoms with Gasteiger partial charge in [0.15, 0.2) is 0 Å². The predicted octanol–water partition coefficient (Wildman–Crippen LogP) is 2.96. The smallest absolute Gasteiger partial charge is 0.339 e. The molecule has 5 aliphatic rings. The van der Waals surface area contributed by atoms with Gasteiger partial charge in [0.05, 0.1) is 17.6 Å². The summed E-state index contributed by atoms with van der Waals surface area (Å²) in [5.41, 5.74) is 0.0192. The molecule has 1 saturated heterocycles. The van der Waals surface area contributed by atoms with Crippen molar-refractivity contribution in [3.63, 3.8) is 0 Å². The van der Waals surface area contributed by atoms with Gasteiger partial charge in [-0.05, 0) is 81.3 Å². The van der Waals surface area contributed by atoms with E-state index in [1.165, 1.54) is 42.8 Å². The number of esters is 1. The molecule has 7 nitrogen and oxygen atoms in total. The van der Waals surface area contributed by atoms with Crippen LogP contribution in [0.25, 0.3) is 0 Å². The van der Waals surface area contributed by atoms with Gasteiger partial charge in [0.1, 0.15) is 0 Å². The molecule has 1 N–H and O–H groups in total. The molecule has 0 unspecified atom stereocenters. The van der Waals surface area contributed by atoms with Crippen LogP contribution in [-0.4, -0.2) is 50.3 Å². The van der Waals surface area contributed by atoms with Crippen molar-refractivity contribution >= 4 is 21.9 Å². The molecule has 8 heteroatoms. The van der Waals surface area contributed by atoms with Crippen molar-refractivity contribution in [1.82, 2.24) is 9.62 Å². The number of hydrogen-bond acceptors (Lipinski definition) is 5. The fourth-order valence-electron chi connectivity index (χ4n) is 7.09. The van der Waals surface area contributed by atoms with Gasteiger partial charge in [-0.15, -0.1) is 0 Å². The van der Waals surface area contributed by atoms with Crippen molar-refractivity contribution in [3.8, 4) is 0 Å². The van der Waals surface area contributed by atoms with Gasteiger partial charge >= 0.3 is 5.97 Å². The highest BCUT2D eigenvalue weighted by Gasteiger charge is 2.52. The van der Waals surface area contributed by atoms with Gasteiger partial charge < -0.3 is 10.1 Å². The molecular weight excluding hydrogens is 428 g/mol. The minimum Gasteiger partial charge on any atom is -0.465 e. The second-order valence-electron chi connectivity index (χ2n) is 10.4. The highest BCUT2D eigenvalue weighted by Crippen LogP contribution is 2.55. The third kappa shape index (κ3) is 3.85. The number of carbonyl (C=O) groups excluding carboxylic acids is 2. The molecule has 1 aromatic rings. The lowest BCUT2D eigenvalue weighted by atomic mass is 9.53. The van der Waals surface area contributed by atoms with E-state index in [-0.39, 0.29) is 40.9 Å². The lowest BCUT2D eigenvalue weighted by Crippen LogP contribution is -2.61. The van der Waals surface area contributed by atoms with Crippen LogP contribution < -0.4 is 5.32 Å². The molecule has 0 atom stereocenters. The summed E-state index contributed by atoms with van der Waals surface area (Å²) in [6.07, 6.45) is 8.33. The second-order valence-corrected chi connectivity index (χ2v) is 12.3. The van der Waals surface area contributed by atoms with Crippen molar-refractivity contribution in [2.75, 3.05) is 20.2 Å². The van der Waals surface area contributed by atoms with Gasteiger partial charge in [-0.25, -0.2) is 13.2 Å². The van der Waals surface area contributed by atoms with Crippen molar-refractivity contribution < 1.29 is 22.7 Å². The highest BCUT2D eigenvalue weighted by atomic mass is 32.2. The first-order valence-electron chi connectivity index (χ1n) is 11.8. The standard InChI is InChI=1S/C24H32N2O5S/c1-31-23(28)20-4-2-3-5-21(20)32(29,30)26-8-6-19(7-9-26)22(27)25-24-13-16-10-17(14-24)12-18(11-16)15-24/h2-5,16-19H,6-15H2,1H3,(H,25,27). The molecule has 4 bridgehead atoms. The van der Waals surface area contributed by atoms with Crippen molar-refractivity contribution in [3.05, 3.63) is 29.8 Å². The average Bonchev–Trinajstić information content (AvgIpc) is 2.77. The first kappa shape index (κ1) is 21.9. The van der Waals surface area contributed by atoms with E-state index in [1.807, 2.05) is 0 Å². The largest absolute Gasteiger partial charge is 0.465 e. The fourth-order valence-corrected chi connectivity index (χ4v) is 8.74. The van der Waals surface area contributed by atoms with Crippen LogP contribution >= 0.6 is 0 Å². The molecule has 1 aliphatic heterocycles. The molecule has 32 heavy (non-hydrogen) atoms. The van der Waals surface area contributed by atoms with E-state index >= 15 is 0 Å². The molecular formula is C24H32N2O5S. The van der Waals surface area contributed by atoms with Crippen molar-refractivity contribution in [2.45, 2.75) is 61.8 Å². The van der Waals surface area contributed by atoms with E-state index in [0.29, 0.717) is 12.8 Å². The summed E-state index contributed by atoms with van der Waals surface area (Å²) in [5, 5.41) is 3.44. The fraction of sp³-hybridized carbons (Fsp3) is 0.667. The molecule has 0 spiro atoms. The number of hydrogen-bond donors (Lipinski definition) is 1.